The Hall–Kier alpha value is -1.46. The third kappa shape index (κ3) is 3.52. The molecule has 0 unspecified atom stereocenters. The third-order valence-corrected chi connectivity index (χ3v) is 3.01. The number of nitrogens with one attached hydrogen (secondary N) is 1. The molecule has 4 nitrogen and oxygen atoms in total. The first kappa shape index (κ1) is 14.0. The lowest BCUT2D eigenvalue weighted by molar-refractivity contribution is -0.115. The molecule has 0 fully saturated rings. The van der Waals surface area contributed by atoms with Crippen molar-refractivity contribution in [2.24, 2.45) is 0 Å². The van der Waals surface area contributed by atoms with Gasteiger partial charge in [-0.3, -0.25) is 4.79 Å². The van der Waals surface area contributed by atoms with Crippen molar-refractivity contribution in [3.8, 4) is 5.69 Å². The summed E-state index contributed by atoms with van der Waals surface area (Å²) in [5.41, 5.74) is 1.78. The monoisotopic (exact) mass is 295 g/mol. The van der Waals surface area contributed by atoms with E-state index in [2.05, 4.69) is 23.0 Å². The summed E-state index contributed by atoms with van der Waals surface area (Å²) in [5, 5.41) is 7.73. The summed E-state index contributed by atoms with van der Waals surface area (Å²) in [7, 11) is 0. The lowest BCUT2D eigenvalue weighted by Crippen LogP contribution is -2.12. The summed E-state index contributed by atoms with van der Waals surface area (Å²) in [6.07, 6.45) is 0.367. The van der Waals surface area contributed by atoms with Gasteiger partial charge in [-0.25, -0.2) is 4.68 Å². The number of amides is 1. The van der Waals surface area contributed by atoms with Gasteiger partial charge in [0.1, 0.15) is 0 Å². The summed E-state index contributed by atoms with van der Waals surface area (Å²) in [6.45, 7) is 1.92. The molecular formula is C13H14ClN3OS. The Morgan fingerprint density at radius 1 is 1.47 bits per heavy atom. The van der Waals surface area contributed by atoms with Crippen molar-refractivity contribution >= 4 is 36.0 Å². The zero-order valence-corrected chi connectivity index (χ0v) is 12.1. The van der Waals surface area contributed by atoms with E-state index in [1.165, 1.54) is 0 Å². The average Bonchev–Trinajstić information content (AvgIpc) is 2.70. The van der Waals surface area contributed by atoms with E-state index in [-0.39, 0.29) is 5.91 Å². The molecule has 0 radical (unpaired) electrons. The molecule has 1 N–H and O–H groups in total. The zero-order valence-electron chi connectivity index (χ0n) is 10.4. The highest BCUT2D eigenvalue weighted by atomic mass is 35.5. The van der Waals surface area contributed by atoms with Gasteiger partial charge >= 0.3 is 0 Å². The topological polar surface area (TPSA) is 46.9 Å². The van der Waals surface area contributed by atoms with E-state index in [0.717, 1.165) is 11.4 Å². The molecule has 0 aliphatic rings. The number of carbonyl (C=O) groups is 1. The van der Waals surface area contributed by atoms with E-state index >= 15 is 0 Å². The van der Waals surface area contributed by atoms with Crippen molar-refractivity contribution in [3.63, 3.8) is 0 Å². The fourth-order valence-corrected chi connectivity index (χ4v) is 2.10. The van der Waals surface area contributed by atoms with Crippen molar-refractivity contribution in [3.05, 3.63) is 41.0 Å². The Bertz CT molecular complexity index is 597. The molecule has 6 heteroatoms. The van der Waals surface area contributed by atoms with E-state index < -0.39 is 0 Å². The lowest BCUT2D eigenvalue weighted by Gasteiger charge is -2.04. The molecular weight excluding hydrogens is 282 g/mol. The Morgan fingerprint density at radius 3 is 2.95 bits per heavy atom. The molecule has 1 aromatic carbocycles. The second kappa shape index (κ2) is 6.12. The molecule has 1 amide bonds. The van der Waals surface area contributed by atoms with E-state index in [9.17, 15) is 4.79 Å². The minimum Gasteiger partial charge on any atom is -0.309 e. The van der Waals surface area contributed by atoms with Crippen LogP contribution in [0.3, 0.4) is 0 Å². The maximum Gasteiger partial charge on any atom is 0.226 e. The standard InChI is InChI=1S/C13H14ClN3OS/c1-9-7-12(15-13(18)5-6-19)16-17(9)11-4-2-3-10(14)8-11/h2-4,7-8,19H,5-6H2,1H3,(H,15,16,18). The number of aryl methyl sites for hydroxylation is 1. The Balaban J connectivity index is 2.24. The number of rotatable bonds is 4. The smallest absolute Gasteiger partial charge is 0.226 e. The second-order valence-corrected chi connectivity index (χ2v) is 4.97. The van der Waals surface area contributed by atoms with E-state index in [1.54, 1.807) is 10.7 Å². The normalized spacial score (nSPS) is 10.5. The molecule has 0 aliphatic heterocycles. The van der Waals surface area contributed by atoms with Gasteiger partial charge in [-0.05, 0) is 30.9 Å². The molecule has 0 saturated carbocycles. The number of halogens is 1. The van der Waals surface area contributed by atoms with Gasteiger partial charge in [0.25, 0.3) is 0 Å². The molecule has 0 saturated heterocycles. The van der Waals surface area contributed by atoms with Crippen LogP contribution in [-0.4, -0.2) is 21.4 Å². The first-order chi connectivity index (χ1) is 9.10. The van der Waals surface area contributed by atoms with Crippen molar-refractivity contribution in [2.45, 2.75) is 13.3 Å². The van der Waals surface area contributed by atoms with Gasteiger partial charge in [0.05, 0.1) is 5.69 Å². The number of benzene rings is 1. The maximum absolute atomic E-state index is 11.5. The molecule has 1 aromatic heterocycles. The molecule has 0 spiro atoms. The minimum atomic E-state index is -0.0919. The highest BCUT2D eigenvalue weighted by Gasteiger charge is 2.09. The van der Waals surface area contributed by atoms with Crippen molar-refractivity contribution in [1.29, 1.82) is 0 Å². The molecule has 1 heterocycles. The summed E-state index contributed by atoms with van der Waals surface area (Å²) >= 11 is 9.98. The average molecular weight is 296 g/mol. The predicted octanol–water partition coefficient (Wildman–Crippen LogP) is 3.09. The van der Waals surface area contributed by atoms with Crippen molar-refractivity contribution < 1.29 is 4.79 Å². The van der Waals surface area contributed by atoms with E-state index in [1.807, 2.05) is 31.2 Å². The van der Waals surface area contributed by atoms with Crippen LogP contribution in [0.5, 0.6) is 0 Å². The van der Waals surface area contributed by atoms with Crippen LogP contribution < -0.4 is 5.32 Å². The zero-order chi connectivity index (χ0) is 13.8. The van der Waals surface area contributed by atoms with Gasteiger partial charge in [-0.15, -0.1) is 5.10 Å². The summed E-state index contributed by atoms with van der Waals surface area (Å²) in [5.74, 6) is 0.954. The largest absolute Gasteiger partial charge is 0.309 e. The first-order valence-corrected chi connectivity index (χ1v) is 6.84. The number of anilines is 1. The van der Waals surface area contributed by atoms with Crippen LogP contribution in [0.15, 0.2) is 30.3 Å². The number of hydrogen-bond donors (Lipinski definition) is 2. The lowest BCUT2D eigenvalue weighted by atomic mass is 10.3. The first-order valence-electron chi connectivity index (χ1n) is 5.83. The highest BCUT2D eigenvalue weighted by Crippen LogP contribution is 2.18. The van der Waals surface area contributed by atoms with Crippen molar-refractivity contribution in [2.75, 3.05) is 11.1 Å². The number of hydrogen-bond acceptors (Lipinski definition) is 3. The summed E-state index contributed by atoms with van der Waals surface area (Å²) in [4.78, 5) is 11.5. The second-order valence-electron chi connectivity index (χ2n) is 4.08. The van der Waals surface area contributed by atoms with Crippen LogP contribution in [0, 0.1) is 6.92 Å². The predicted molar refractivity (Wildman–Crippen MR) is 80.4 cm³/mol. The quantitative estimate of drug-likeness (QED) is 0.852. The fourth-order valence-electron chi connectivity index (χ4n) is 1.71. The van der Waals surface area contributed by atoms with Gasteiger partial charge in [-0.2, -0.15) is 12.6 Å². The summed E-state index contributed by atoms with van der Waals surface area (Å²) in [6, 6.07) is 9.21. The van der Waals surface area contributed by atoms with Crippen LogP contribution in [0.25, 0.3) is 5.69 Å². The van der Waals surface area contributed by atoms with E-state index in [4.69, 9.17) is 11.6 Å². The van der Waals surface area contributed by atoms with Crippen LogP contribution in [0.2, 0.25) is 5.02 Å². The molecule has 0 bridgehead atoms. The molecule has 2 rings (SSSR count). The van der Waals surface area contributed by atoms with Crippen molar-refractivity contribution in [1.82, 2.24) is 9.78 Å². The molecule has 100 valence electrons. The van der Waals surface area contributed by atoms with Crippen LogP contribution in [0.4, 0.5) is 5.82 Å². The van der Waals surface area contributed by atoms with Gasteiger partial charge in [0.2, 0.25) is 5.91 Å². The molecule has 0 aliphatic carbocycles. The van der Waals surface area contributed by atoms with Gasteiger partial charge < -0.3 is 5.32 Å². The van der Waals surface area contributed by atoms with Crippen LogP contribution >= 0.6 is 24.2 Å². The Morgan fingerprint density at radius 2 is 2.26 bits per heavy atom. The SMILES string of the molecule is Cc1cc(NC(=O)CCS)nn1-c1cccc(Cl)c1. The number of carbonyl (C=O) groups excluding carboxylic acids is 1. The van der Waals surface area contributed by atoms with E-state index in [0.29, 0.717) is 23.0 Å². The highest BCUT2D eigenvalue weighted by molar-refractivity contribution is 7.80. The van der Waals surface area contributed by atoms with Gasteiger partial charge in [0.15, 0.2) is 5.82 Å². The third-order valence-electron chi connectivity index (χ3n) is 2.55. The number of aromatic nitrogens is 2. The minimum absolute atomic E-state index is 0.0919. The number of thiol groups is 1. The summed E-state index contributed by atoms with van der Waals surface area (Å²) < 4.78 is 1.74. The van der Waals surface area contributed by atoms with Gasteiger partial charge in [-0.1, -0.05) is 17.7 Å². The molecule has 0 atom stereocenters. The number of nitrogens with zero attached hydrogens (tertiary/aromatic N) is 2. The maximum atomic E-state index is 11.5. The molecule has 2 aromatic rings. The Kier molecular flexibility index (Phi) is 4.50. The van der Waals surface area contributed by atoms with Gasteiger partial charge in [0, 0.05) is 23.2 Å². The van der Waals surface area contributed by atoms with Crippen LogP contribution in [0.1, 0.15) is 12.1 Å². The fraction of sp³-hybridized carbons (Fsp3) is 0.231. The molecule has 19 heavy (non-hydrogen) atoms. The Labute approximate surface area is 122 Å². The van der Waals surface area contributed by atoms with Crippen LogP contribution in [-0.2, 0) is 4.79 Å².